The number of amides is 1. The van der Waals surface area contributed by atoms with Crippen molar-refractivity contribution in [3.8, 4) is 0 Å². The Morgan fingerprint density at radius 2 is 1.80 bits per heavy atom. The summed E-state index contributed by atoms with van der Waals surface area (Å²) in [6, 6.07) is 18.0. The van der Waals surface area contributed by atoms with Crippen LogP contribution in [0, 0.1) is 5.92 Å². The second-order valence-corrected chi connectivity index (χ2v) is 11.2. The Balaban J connectivity index is 1.34. The first-order valence-electron chi connectivity index (χ1n) is 11.0. The van der Waals surface area contributed by atoms with Crippen molar-refractivity contribution in [2.24, 2.45) is 5.92 Å². The molecule has 30 heavy (non-hydrogen) atoms. The highest BCUT2D eigenvalue weighted by Crippen LogP contribution is 2.59. The van der Waals surface area contributed by atoms with Gasteiger partial charge in [-0.2, -0.15) is 0 Å². The number of thioether (sulfide) groups is 1. The number of carbonyl (C=O) groups is 1. The maximum atomic E-state index is 12.4. The predicted octanol–water partition coefficient (Wildman–Crippen LogP) is 6.61. The maximum absolute atomic E-state index is 12.4. The molecule has 2 aromatic carbocycles. The summed E-state index contributed by atoms with van der Waals surface area (Å²) in [6.45, 7) is 11.8. The van der Waals surface area contributed by atoms with Crippen molar-refractivity contribution >= 4 is 17.9 Å². The molecule has 0 radical (unpaired) electrons. The van der Waals surface area contributed by atoms with Gasteiger partial charge in [-0.3, -0.25) is 0 Å². The summed E-state index contributed by atoms with van der Waals surface area (Å²) in [5.41, 5.74) is 3.82. The molecule has 0 N–H and O–H groups in total. The van der Waals surface area contributed by atoms with Gasteiger partial charge in [-0.25, -0.2) is 4.79 Å². The largest absolute Gasteiger partial charge is 0.444 e. The van der Waals surface area contributed by atoms with Crippen molar-refractivity contribution in [1.82, 2.24) is 4.90 Å². The van der Waals surface area contributed by atoms with Crippen LogP contribution in [0.4, 0.5) is 4.79 Å². The van der Waals surface area contributed by atoms with Gasteiger partial charge in [0.05, 0.1) is 0 Å². The zero-order valence-electron chi connectivity index (χ0n) is 18.8. The van der Waals surface area contributed by atoms with Crippen molar-refractivity contribution in [2.75, 3.05) is 13.1 Å². The monoisotopic (exact) mass is 423 g/mol. The van der Waals surface area contributed by atoms with E-state index in [2.05, 4.69) is 62.4 Å². The topological polar surface area (TPSA) is 29.5 Å². The number of rotatable bonds is 5. The number of ether oxygens (including phenoxy) is 1. The molecule has 4 rings (SSSR count). The number of benzene rings is 2. The van der Waals surface area contributed by atoms with Gasteiger partial charge in [0.15, 0.2) is 0 Å². The Kier molecular flexibility index (Phi) is 5.65. The lowest BCUT2D eigenvalue weighted by Crippen LogP contribution is -2.37. The molecular formula is C26H33NO2S. The molecule has 0 bridgehead atoms. The third kappa shape index (κ3) is 4.54. The molecule has 0 spiro atoms. The zero-order chi connectivity index (χ0) is 21.5. The molecular weight excluding hydrogens is 390 g/mol. The van der Waals surface area contributed by atoms with Gasteiger partial charge in [0.25, 0.3) is 0 Å². The smallest absolute Gasteiger partial charge is 0.410 e. The average Bonchev–Trinajstić information content (AvgIpc) is 3.26. The van der Waals surface area contributed by atoms with Gasteiger partial charge in [-0.1, -0.05) is 50.2 Å². The highest BCUT2D eigenvalue weighted by molar-refractivity contribution is 7.98. The van der Waals surface area contributed by atoms with Crippen LogP contribution in [0.25, 0.3) is 0 Å². The molecule has 160 valence electrons. The van der Waals surface area contributed by atoms with Crippen molar-refractivity contribution in [3.63, 3.8) is 0 Å². The Bertz CT molecular complexity index is 898. The minimum Gasteiger partial charge on any atom is -0.444 e. The van der Waals surface area contributed by atoms with E-state index in [9.17, 15) is 4.79 Å². The van der Waals surface area contributed by atoms with E-state index >= 15 is 0 Å². The molecule has 2 fully saturated rings. The van der Waals surface area contributed by atoms with Gasteiger partial charge in [0.1, 0.15) is 5.60 Å². The van der Waals surface area contributed by atoms with Gasteiger partial charge >= 0.3 is 6.09 Å². The zero-order valence-corrected chi connectivity index (χ0v) is 19.6. The number of likely N-dealkylation sites (tertiary alicyclic amines) is 1. The molecule has 1 saturated carbocycles. The molecule has 1 saturated heterocycles. The fraction of sp³-hybridized carbons (Fsp3) is 0.500. The molecule has 2 aromatic rings. The standard InChI is InChI=1S/C26H33NO2S/c1-18(2)20-8-6-19(7-9-20)16-30-23-12-10-21(11-13-23)26-14-22(26)15-27(17-26)24(28)29-25(3,4)5/h6-13,18,22H,14-17H2,1-5H3/t22-,26+/m0/s1. The van der Waals surface area contributed by atoms with E-state index in [0.717, 1.165) is 18.8 Å². The van der Waals surface area contributed by atoms with Gasteiger partial charge in [0.2, 0.25) is 0 Å². The molecule has 2 aliphatic rings. The highest BCUT2D eigenvalue weighted by atomic mass is 32.2. The summed E-state index contributed by atoms with van der Waals surface area (Å²) in [5, 5.41) is 0. The molecule has 1 aliphatic carbocycles. The number of piperidine rings is 1. The first-order chi connectivity index (χ1) is 14.2. The van der Waals surface area contributed by atoms with Crippen molar-refractivity contribution < 1.29 is 9.53 Å². The number of nitrogens with zero attached hydrogens (tertiary/aromatic N) is 1. The van der Waals surface area contributed by atoms with E-state index in [4.69, 9.17) is 4.74 Å². The normalized spacial score (nSPS) is 22.9. The minimum atomic E-state index is -0.439. The molecule has 0 unspecified atom stereocenters. The molecule has 3 nitrogen and oxygen atoms in total. The van der Waals surface area contributed by atoms with Crippen molar-refractivity contribution in [2.45, 2.75) is 68.6 Å². The lowest BCUT2D eigenvalue weighted by molar-refractivity contribution is 0.0270. The van der Waals surface area contributed by atoms with Crippen LogP contribution in [-0.4, -0.2) is 29.7 Å². The number of fused-ring (bicyclic) bond motifs is 1. The Hall–Kier alpha value is -1.94. The summed E-state index contributed by atoms with van der Waals surface area (Å²) in [6.07, 6.45) is 1.01. The minimum absolute atomic E-state index is 0.146. The van der Waals surface area contributed by atoms with E-state index in [1.54, 1.807) is 0 Å². The van der Waals surface area contributed by atoms with Crippen LogP contribution in [0.5, 0.6) is 0 Å². The van der Waals surface area contributed by atoms with Crippen LogP contribution in [0.1, 0.15) is 63.6 Å². The van der Waals surface area contributed by atoms with Gasteiger partial charge < -0.3 is 9.64 Å². The van der Waals surface area contributed by atoms with Crippen LogP contribution in [0.3, 0.4) is 0 Å². The maximum Gasteiger partial charge on any atom is 0.410 e. The number of carbonyl (C=O) groups excluding carboxylic acids is 1. The quantitative estimate of drug-likeness (QED) is 0.507. The van der Waals surface area contributed by atoms with Crippen molar-refractivity contribution in [1.29, 1.82) is 0 Å². The predicted molar refractivity (Wildman–Crippen MR) is 124 cm³/mol. The molecule has 1 aliphatic heterocycles. The average molecular weight is 424 g/mol. The number of hydrogen-bond donors (Lipinski definition) is 0. The van der Waals surface area contributed by atoms with E-state index < -0.39 is 5.60 Å². The van der Waals surface area contributed by atoms with Gasteiger partial charge in [0, 0.05) is 29.2 Å². The summed E-state index contributed by atoms with van der Waals surface area (Å²) in [4.78, 5) is 15.6. The van der Waals surface area contributed by atoms with Crippen LogP contribution in [0.15, 0.2) is 53.4 Å². The summed E-state index contributed by atoms with van der Waals surface area (Å²) in [7, 11) is 0. The number of hydrogen-bond acceptors (Lipinski definition) is 3. The van der Waals surface area contributed by atoms with Crippen LogP contribution in [-0.2, 0) is 15.9 Å². The van der Waals surface area contributed by atoms with Crippen LogP contribution >= 0.6 is 11.8 Å². The van der Waals surface area contributed by atoms with E-state index in [-0.39, 0.29) is 11.5 Å². The molecule has 1 heterocycles. The lowest BCUT2D eigenvalue weighted by Gasteiger charge is -2.26. The molecule has 2 atom stereocenters. The van der Waals surface area contributed by atoms with Crippen LogP contribution in [0.2, 0.25) is 0 Å². The lowest BCUT2D eigenvalue weighted by atomic mass is 9.95. The van der Waals surface area contributed by atoms with E-state index in [1.807, 2.05) is 37.4 Å². The molecule has 4 heteroatoms. The SMILES string of the molecule is CC(C)c1ccc(CSc2ccc([C@]34C[C@H]3CN(C(=O)OC(C)(C)C)C4)cc2)cc1. The fourth-order valence-electron chi connectivity index (χ4n) is 4.44. The van der Waals surface area contributed by atoms with Gasteiger partial charge in [-0.05, 0) is 67.9 Å². The van der Waals surface area contributed by atoms with Gasteiger partial charge in [-0.15, -0.1) is 11.8 Å². The second-order valence-electron chi connectivity index (χ2n) is 10.1. The fourth-order valence-corrected chi connectivity index (χ4v) is 5.30. The second kappa shape index (κ2) is 7.96. The molecule has 1 amide bonds. The first kappa shape index (κ1) is 21.3. The third-order valence-electron chi connectivity index (χ3n) is 6.28. The Labute approximate surface area is 185 Å². The van der Waals surface area contributed by atoms with Crippen LogP contribution < -0.4 is 0 Å². The summed E-state index contributed by atoms with van der Waals surface area (Å²) in [5.74, 6) is 2.13. The van der Waals surface area contributed by atoms with E-state index in [0.29, 0.717) is 11.8 Å². The van der Waals surface area contributed by atoms with Crippen molar-refractivity contribution in [3.05, 3.63) is 65.2 Å². The first-order valence-corrected chi connectivity index (χ1v) is 11.9. The Morgan fingerprint density at radius 1 is 1.13 bits per heavy atom. The summed E-state index contributed by atoms with van der Waals surface area (Å²) < 4.78 is 5.57. The molecule has 0 aromatic heterocycles. The summed E-state index contributed by atoms with van der Waals surface area (Å²) >= 11 is 1.88. The van der Waals surface area contributed by atoms with E-state index in [1.165, 1.54) is 28.0 Å². The Morgan fingerprint density at radius 3 is 2.40 bits per heavy atom. The third-order valence-corrected chi connectivity index (χ3v) is 7.36. The highest BCUT2D eigenvalue weighted by Gasteiger charge is 2.62.